The average molecular weight is 315 g/mol. The molecule has 0 saturated carbocycles. The summed E-state index contributed by atoms with van der Waals surface area (Å²) in [5.41, 5.74) is 1.58. The van der Waals surface area contributed by atoms with Crippen molar-refractivity contribution >= 4 is 17.5 Å². The molecule has 2 N–H and O–H groups in total. The normalized spacial score (nSPS) is 24.5. The zero-order valence-corrected chi connectivity index (χ0v) is 13.7. The molecular formula is C18H25N3O2. The molecule has 5 nitrogen and oxygen atoms in total. The Bertz CT molecular complexity index is 588. The third-order valence-electron chi connectivity index (χ3n) is 4.94. The van der Waals surface area contributed by atoms with Crippen LogP contribution in [-0.4, -0.2) is 42.9 Å². The number of nitrogens with zero attached hydrogens (tertiary/aromatic N) is 1. The Hall–Kier alpha value is -1.88. The number of nitrogens with one attached hydrogen (secondary N) is 2. The standard InChI is InChI=1S/C18H25N3O2/c1-14(22)20-16-6-2-5-15(11-16)17(23)21-10-4-8-18(13-21)7-3-9-19-12-18/h2,5-6,11,19H,3-4,7-10,12-13H2,1H3,(H,20,22). The van der Waals surface area contributed by atoms with E-state index >= 15 is 0 Å². The lowest BCUT2D eigenvalue weighted by Crippen LogP contribution is -2.52. The number of hydrogen-bond donors (Lipinski definition) is 2. The highest BCUT2D eigenvalue weighted by molar-refractivity contribution is 5.96. The molecule has 3 rings (SSSR count). The van der Waals surface area contributed by atoms with Gasteiger partial charge in [-0.3, -0.25) is 9.59 Å². The summed E-state index contributed by atoms with van der Waals surface area (Å²) in [6, 6.07) is 7.22. The van der Waals surface area contributed by atoms with Crippen molar-refractivity contribution in [2.75, 3.05) is 31.5 Å². The van der Waals surface area contributed by atoms with E-state index in [1.54, 1.807) is 12.1 Å². The van der Waals surface area contributed by atoms with E-state index in [1.807, 2.05) is 17.0 Å². The molecule has 2 fully saturated rings. The average Bonchev–Trinajstić information content (AvgIpc) is 2.54. The molecule has 23 heavy (non-hydrogen) atoms. The molecule has 2 heterocycles. The number of carbonyl (C=O) groups excluding carboxylic acids is 2. The fourth-order valence-electron chi connectivity index (χ4n) is 3.88. The van der Waals surface area contributed by atoms with E-state index in [-0.39, 0.29) is 17.2 Å². The number of benzene rings is 1. The maximum atomic E-state index is 12.9. The second kappa shape index (κ2) is 6.71. The van der Waals surface area contributed by atoms with Crippen molar-refractivity contribution in [1.29, 1.82) is 0 Å². The number of rotatable bonds is 2. The molecule has 1 aromatic rings. The summed E-state index contributed by atoms with van der Waals surface area (Å²) >= 11 is 0. The van der Waals surface area contributed by atoms with Crippen molar-refractivity contribution in [2.24, 2.45) is 5.41 Å². The third-order valence-corrected chi connectivity index (χ3v) is 4.94. The topological polar surface area (TPSA) is 61.4 Å². The van der Waals surface area contributed by atoms with Crippen molar-refractivity contribution in [1.82, 2.24) is 10.2 Å². The number of carbonyl (C=O) groups is 2. The summed E-state index contributed by atoms with van der Waals surface area (Å²) in [4.78, 5) is 26.0. The number of piperidine rings is 2. The first-order chi connectivity index (χ1) is 11.1. The maximum Gasteiger partial charge on any atom is 0.253 e. The lowest BCUT2D eigenvalue weighted by Gasteiger charge is -2.45. The van der Waals surface area contributed by atoms with E-state index < -0.39 is 0 Å². The van der Waals surface area contributed by atoms with Gasteiger partial charge in [-0.2, -0.15) is 0 Å². The molecule has 2 aliphatic heterocycles. The Morgan fingerprint density at radius 1 is 1.26 bits per heavy atom. The van der Waals surface area contributed by atoms with Gasteiger partial charge in [0.05, 0.1) is 0 Å². The minimum absolute atomic E-state index is 0.0712. The van der Waals surface area contributed by atoms with Crippen LogP contribution in [0.4, 0.5) is 5.69 Å². The highest BCUT2D eigenvalue weighted by Gasteiger charge is 2.38. The smallest absolute Gasteiger partial charge is 0.253 e. The van der Waals surface area contributed by atoms with Crippen molar-refractivity contribution in [3.63, 3.8) is 0 Å². The molecule has 124 valence electrons. The summed E-state index contributed by atoms with van der Waals surface area (Å²) in [5, 5.41) is 6.23. The van der Waals surface area contributed by atoms with Crippen LogP contribution in [0.3, 0.4) is 0 Å². The fraction of sp³-hybridized carbons (Fsp3) is 0.556. The SMILES string of the molecule is CC(=O)Nc1cccc(C(=O)N2CCCC3(CCCNC3)C2)c1. The first-order valence-corrected chi connectivity index (χ1v) is 8.46. The summed E-state index contributed by atoms with van der Waals surface area (Å²) in [5.74, 6) is -0.0540. The molecule has 0 radical (unpaired) electrons. The van der Waals surface area contributed by atoms with Crippen LogP contribution in [0.15, 0.2) is 24.3 Å². The van der Waals surface area contributed by atoms with Gasteiger partial charge in [-0.1, -0.05) is 6.07 Å². The number of hydrogen-bond acceptors (Lipinski definition) is 3. The van der Waals surface area contributed by atoms with Crippen molar-refractivity contribution in [2.45, 2.75) is 32.6 Å². The highest BCUT2D eigenvalue weighted by Crippen LogP contribution is 2.36. The highest BCUT2D eigenvalue weighted by atomic mass is 16.2. The molecule has 2 amide bonds. The van der Waals surface area contributed by atoms with Gasteiger partial charge in [0, 0.05) is 43.2 Å². The predicted octanol–water partition coefficient (Wildman–Crippen LogP) is 2.25. The van der Waals surface area contributed by atoms with E-state index in [9.17, 15) is 9.59 Å². The van der Waals surface area contributed by atoms with Crippen LogP contribution in [0.1, 0.15) is 43.0 Å². The molecule has 2 aliphatic rings. The van der Waals surface area contributed by atoms with E-state index in [0.29, 0.717) is 11.3 Å². The van der Waals surface area contributed by atoms with Gasteiger partial charge in [0.15, 0.2) is 0 Å². The second-order valence-corrected chi connectivity index (χ2v) is 6.87. The Labute approximate surface area is 137 Å². The van der Waals surface area contributed by atoms with Gasteiger partial charge in [0.1, 0.15) is 0 Å². The zero-order chi connectivity index (χ0) is 16.3. The van der Waals surface area contributed by atoms with Gasteiger partial charge in [0.2, 0.25) is 5.91 Å². The molecule has 0 aromatic heterocycles. The van der Waals surface area contributed by atoms with Crippen LogP contribution in [0.2, 0.25) is 0 Å². The number of anilines is 1. The molecule has 0 aliphatic carbocycles. The summed E-state index contributed by atoms with van der Waals surface area (Å²) < 4.78 is 0. The zero-order valence-electron chi connectivity index (χ0n) is 13.7. The van der Waals surface area contributed by atoms with Gasteiger partial charge in [0.25, 0.3) is 5.91 Å². The molecule has 1 spiro atoms. The summed E-state index contributed by atoms with van der Waals surface area (Å²) in [6.07, 6.45) is 4.67. The first-order valence-electron chi connectivity index (χ1n) is 8.46. The molecular weight excluding hydrogens is 290 g/mol. The molecule has 0 bridgehead atoms. The lowest BCUT2D eigenvalue weighted by atomic mass is 9.74. The Morgan fingerprint density at radius 2 is 2.09 bits per heavy atom. The van der Waals surface area contributed by atoms with E-state index in [0.717, 1.165) is 32.6 Å². The minimum Gasteiger partial charge on any atom is -0.338 e. The fourth-order valence-corrected chi connectivity index (χ4v) is 3.88. The van der Waals surface area contributed by atoms with Crippen LogP contribution in [0, 0.1) is 5.41 Å². The van der Waals surface area contributed by atoms with E-state index in [4.69, 9.17) is 0 Å². The molecule has 2 saturated heterocycles. The third kappa shape index (κ3) is 3.72. The quantitative estimate of drug-likeness (QED) is 0.880. The molecule has 1 unspecified atom stereocenters. The van der Waals surface area contributed by atoms with Gasteiger partial charge in [-0.05, 0) is 50.4 Å². The van der Waals surface area contributed by atoms with Gasteiger partial charge in [-0.15, -0.1) is 0 Å². The van der Waals surface area contributed by atoms with Crippen LogP contribution >= 0.6 is 0 Å². The summed E-state index contributed by atoms with van der Waals surface area (Å²) in [6.45, 7) is 5.24. The molecule has 5 heteroatoms. The van der Waals surface area contributed by atoms with Crippen LogP contribution in [-0.2, 0) is 4.79 Å². The van der Waals surface area contributed by atoms with Gasteiger partial charge < -0.3 is 15.5 Å². The molecule has 1 atom stereocenters. The Balaban J connectivity index is 1.73. The first kappa shape index (κ1) is 16.0. The number of likely N-dealkylation sites (tertiary alicyclic amines) is 1. The summed E-state index contributed by atoms with van der Waals surface area (Å²) in [7, 11) is 0. The van der Waals surface area contributed by atoms with Gasteiger partial charge in [-0.25, -0.2) is 0 Å². The van der Waals surface area contributed by atoms with Crippen molar-refractivity contribution in [3.05, 3.63) is 29.8 Å². The van der Waals surface area contributed by atoms with Crippen molar-refractivity contribution in [3.8, 4) is 0 Å². The lowest BCUT2D eigenvalue weighted by molar-refractivity contribution is -0.114. The van der Waals surface area contributed by atoms with Gasteiger partial charge >= 0.3 is 0 Å². The predicted molar refractivity (Wildman–Crippen MR) is 90.4 cm³/mol. The van der Waals surface area contributed by atoms with Crippen LogP contribution < -0.4 is 10.6 Å². The number of amides is 2. The largest absolute Gasteiger partial charge is 0.338 e. The van der Waals surface area contributed by atoms with E-state index in [1.165, 1.54) is 26.2 Å². The van der Waals surface area contributed by atoms with E-state index in [2.05, 4.69) is 10.6 Å². The van der Waals surface area contributed by atoms with Crippen LogP contribution in [0.5, 0.6) is 0 Å². The van der Waals surface area contributed by atoms with Crippen molar-refractivity contribution < 1.29 is 9.59 Å². The van der Waals surface area contributed by atoms with Crippen LogP contribution in [0.25, 0.3) is 0 Å². The second-order valence-electron chi connectivity index (χ2n) is 6.87. The minimum atomic E-state index is -0.125. The maximum absolute atomic E-state index is 12.9. The molecule has 1 aromatic carbocycles. The Kier molecular flexibility index (Phi) is 4.66. The Morgan fingerprint density at radius 3 is 2.83 bits per heavy atom. The monoisotopic (exact) mass is 315 g/mol.